The molecule has 0 N–H and O–H groups in total. The first-order valence-corrected chi connectivity index (χ1v) is 9.34. The van der Waals surface area contributed by atoms with E-state index in [1.807, 2.05) is 0 Å². The molecule has 0 radical (unpaired) electrons. The molecular formula is C15H24ClN3O2S. The Balaban J connectivity index is 1.89. The second-order valence-corrected chi connectivity index (χ2v) is 8.23. The van der Waals surface area contributed by atoms with Crippen LogP contribution in [0.2, 0.25) is 5.02 Å². The third kappa shape index (κ3) is 4.67. The number of benzene rings is 1. The van der Waals surface area contributed by atoms with E-state index in [0.717, 1.165) is 32.6 Å². The average Bonchev–Trinajstić information content (AvgIpc) is 2.48. The predicted octanol–water partition coefficient (Wildman–Crippen LogP) is 1.60. The molecule has 2 rings (SSSR count). The van der Waals surface area contributed by atoms with Crippen molar-refractivity contribution in [1.29, 1.82) is 0 Å². The Bertz CT molecular complexity index is 567. The van der Waals surface area contributed by atoms with Gasteiger partial charge in [-0.25, -0.2) is 8.42 Å². The molecule has 124 valence electrons. The Morgan fingerprint density at radius 3 is 2.23 bits per heavy atom. The van der Waals surface area contributed by atoms with E-state index >= 15 is 0 Å². The molecule has 0 unspecified atom stereocenters. The van der Waals surface area contributed by atoms with E-state index in [2.05, 4.69) is 23.9 Å². The second-order valence-electron chi connectivity index (χ2n) is 5.86. The molecule has 1 fully saturated rings. The summed E-state index contributed by atoms with van der Waals surface area (Å²) in [7, 11) is 0.736. The van der Waals surface area contributed by atoms with Crippen LogP contribution < -0.4 is 0 Å². The largest absolute Gasteiger partial charge is 0.309 e. The van der Waals surface area contributed by atoms with Crippen LogP contribution in [-0.4, -0.2) is 75.9 Å². The number of halogens is 1. The molecule has 1 saturated heterocycles. The molecule has 0 saturated carbocycles. The summed E-state index contributed by atoms with van der Waals surface area (Å²) in [5.74, 6) is 0. The Morgan fingerprint density at radius 2 is 1.68 bits per heavy atom. The van der Waals surface area contributed by atoms with Crippen molar-refractivity contribution >= 4 is 21.6 Å². The lowest BCUT2D eigenvalue weighted by Crippen LogP contribution is -2.48. The van der Waals surface area contributed by atoms with Crippen LogP contribution in [0.5, 0.6) is 0 Å². The van der Waals surface area contributed by atoms with Crippen LogP contribution in [0.25, 0.3) is 0 Å². The maximum atomic E-state index is 12.6. The van der Waals surface area contributed by atoms with E-state index in [0.29, 0.717) is 23.0 Å². The molecule has 1 aromatic rings. The van der Waals surface area contributed by atoms with Crippen molar-refractivity contribution in [3.63, 3.8) is 0 Å². The van der Waals surface area contributed by atoms with Gasteiger partial charge in [-0.2, -0.15) is 4.31 Å². The molecule has 0 spiro atoms. The summed E-state index contributed by atoms with van der Waals surface area (Å²) in [6.45, 7) is 4.76. The number of nitrogens with zero attached hydrogens (tertiary/aromatic N) is 3. The maximum Gasteiger partial charge on any atom is 0.243 e. The van der Waals surface area contributed by atoms with E-state index in [-0.39, 0.29) is 0 Å². The highest BCUT2D eigenvalue weighted by molar-refractivity contribution is 7.89. The lowest BCUT2D eigenvalue weighted by Gasteiger charge is -2.34. The Hall–Kier alpha value is -0.660. The SMILES string of the molecule is CN(C)CCCN1CCN(S(=O)(=O)c2ccc(Cl)cc2)CC1. The second kappa shape index (κ2) is 7.75. The fraction of sp³-hybridized carbons (Fsp3) is 0.600. The van der Waals surface area contributed by atoms with Gasteiger partial charge in [-0.1, -0.05) is 11.6 Å². The van der Waals surface area contributed by atoms with Crippen molar-refractivity contribution in [3.8, 4) is 0 Å². The highest BCUT2D eigenvalue weighted by Gasteiger charge is 2.28. The summed E-state index contributed by atoms with van der Waals surface area (Å²) >= 11 is 5.82. The Labute approximate surface area is 138 Å². The van der Waals surface area contributed by atoms with Crippen molar-refractivity contribution in [2.75, 3.05) is 53.4 Å². The van der Waals surface area contributed by atoms with Crippen LogP contribution in [0.3, 0.4) is 0 Å². The summed E-state index contributed by atoms with van der Waals surface area (Å²) in [5, 5.41) is 0.546. The third-order valence-corrected chi connectivity index (χ3v) is 6.03. The molecular weight excluding hydrogens is 322 g/mol. The van der Waals surface area contributed by atoms with E-state index in [1.54, 1.807) is 28.6 Å². The molecule has 1 aliphatic heterocycles. The highest BCUT2D eigenvalue weighted by atomic mass is 35.5. The van der Waals surface area contributed by atoms with Gasteiger partial charge in [0.05, 0.1) is 4.90 Å². The fourth-order valence-electron chi connectivity index (χ4n) is 2.56. The van der Waals surface area contributed by atoms with Gasteiger partial charge in [-0.05, 0) is 57.9 Å². The van der Waals surface area contributed by atoms with Gasteiger partial charge >= 0.3 is 0 Å². The summed E-state index contributed by atoms with van der Waals surface area (Å²) in [6, 6.07) is 6.38. The summed E-state index contributed by atoms with van der Waals surface area (Å²) < 4.78 is 26.7. The molecule has 0 amide bonds. The van der Waals surface area contributed by atoms with Crippen LogP contribution in [-0.2, 0) is 10.0 Å². The molecule has 1 aromatic carbocycles. The minimum atomic E-state index is -3.40. The first kappa shape index (κ1) is 17.7. The number of sulfonamides is 1. The van der Waals surface area contributed by atoms with Crippen LogP contribution in [0.1, 0.15) is 6.42 Å². The topological polar surface area (TPSA) is 43.9 Å². The van der Waals surface area contributed by atoms with Crippen molar-refractivity contribution in [3.05, 3.63) is 29.3 Å². The van der Waals surface area contributed by atoms with Crippen LogP contribution in [0.15, 0.2) is 29.2 Å². The van der Waals surface area contributed by atoms with Crippen LogP contribution in [0.4, 0.5) is 0 Å². The molecule has 1 aliphatic rings. The quantitative estimate of drug-likeness (QED) is 0.785. The zero-order chi connectivity index (χ0) is 16.2. The molecule has 0 aliphatic carbocycles. The van der Waals surface area contributed by atoms with Gasteiger partial charge in [-0.3, -0.25) is 0 Å². The Morgan fingerprint density at radius 1 is 1.09 bits per heavy atom. The van der Waals surface area contributed by atoms with Crippen molar-refractivity contribution < 1.29 is 8.42 Å². The van der Waals surface area contributed by atoms with E-state index < -0.39 is 10.0 Å². The van der Waals surface area contributed by atoms with Gasteiger partial charge in [-0.15, -0.1) is 0 Å². The lowest BCUT2D eigenvalue weighted by molar-refractivity contribution is 0.181. The number of hydrogen-bond acceptors (Lipinski definition) is 4. The van der Waals surface area contributed by atoms with Crippen LogP contribution >= 0.6 is 11.6 Å². The molecule has 1 heterocycles. The highest BCUT2D eigenvalue weighted by Crippen LogP contribution is 2.19. The molecule has 0 bridgehead atoms. The minimum absolute atomic E-state index is 0.318. The van der Waals surface area contributed by atoms with Crippen molar-refractivity contribution in [2.45, 2.75) is 11.3 Å². The lowest BCUT2D eigenvalue weighted by atomic mass is 10.3. The first-order valence-electron chi connectivity index (χ1n) is 7.52. The van der Waals surface area contributed by atoms with E-state index in [4.69, 9.17) is 11.6 Å². The molecule has 22 heavy (non-hydrogen) atoms. The third-order valence-electron chi connectivity index (χ3n) is 3.86. The average molecular weight is 346 g/mol. The van der Waals surface area contributed by atoms with Gasteiger partial charge in [0.25, 0.3) is 0 Å². The van der Waals surface area contributed by atoms with Gasteiger partial charge in [0.2, 0.25) is 10.0 Å². The van der Waals surface area contributed by atoms with E-state index in [1.165, 1.54) is 0 Å². The predicted molar refractivity (Wildman–Crippen MR) is 89.8 cm³/mol. The van der Waals surface area contributed by atoms with Gasteiger partial charge in [0.15, 0.2) is 0 Å². The van der Waals surface area contributed by atoms with E-state index in [9.17, 15) is 8.42 Å². The zero-order valence-corrected chi connectivity index (χ0v) is 14.8. The zero-order valence-electron chi connectivity index (χ0n) is 13.2. The standard InChI is InChI=1S/C15H24ClN3O2S/c1-17(2)8-3-9-18-10-12-19(13-11-18)22(20,21)15-6-4-14(16)5-7-15/h4-7H,3,8-13H2,1-2H3. The summed E-state index contributed by atoms with van der Waals surface area (Å²) in [4.78, 5) is 4.82. The minimum Gasteiger partial charge on any atom is -0.309 e. The summed E-state index contributed by atoms with van der Waals surface area (Å²) in [5.41, 5.74) is 0. The van der Waals surface area contributed by atoms with Gasteiger partial charge in [0.1, 0.15) is 0 Å². The number of hydrogen-bond donors (Lipinski definition) is 0. The first-order chi connectivity index (χ1) is 10.4. The van der Waals surface area contributed by atoms with Crippen molar-refractivity contribution in [2.24, 2.45) is 0 Å². The number of rotatable bonds is 6. The molecule has 7 heteroatoms. The molecule has 0 atom stereocenters. The normalized spacial score (nSPS) is 18.0. The maximum absolute atomic E-state index is 12.6. The van der Waals surface area contributed by atoms with Crippen LogP contribution in [0, 0.1) is 0 Å². The smallest absolute Gasteiger partial charge is 0.243 e. The number of piperazine rings is 1. The summed E-state index contributed by atoms with van der Waals surface area (Å²) in [6.07, 6.45) is 1.11. The molecule has 0 aromatic heterocycles. The monoisotopic (exact) mass is 345 g/mol. The fourth-order valence-corrected chi connectivity index (χ4v) is 4.11. The van der Waals surface area contributed by atoms with Gasteiger partial charge in [0, 0.05) is 31.2 Å². The van der Waals surface area contributed by atoms with Gasteiger partial charge < -0.3 is 9.80 Å². The molecule has 5 nitrogen and oxygen atoms in total. The Kier molecular flexibility index (Phi) is 6.23. The van der Waals surface area contributed by atoms with Crippen molar-refractivity contribution in [1.82, 2.24) is 14.1 Å².